The van der Waals surface area contributed by atoms with Crippen molar-refractivity contribution >= 4 is 17.8 Å². The lowest BCUT2D eigenvalue weighted by atomic mass is 10.0. The zero-order chi connectivity index (χ0) is 22.1. The number of hydrogen-bond acceptors (Lipinski definition) is 5. The standard InChI is InChI=1S/C21H21F2N5O3/c1-12-3-5-14(6-4-12)18-17(27-7-8-31-21(27)30)11-28(26-18)20(29)25-13(2)15-9-16(22)19(23)24-10-15/h3-6,9-10,13,17H,7-8,11H2,1-2H3,(H,25,29)/t13-,17-/m1/s1. The van der Waals surface area contributed by atoms with Gasteiger partial charge in [-0.25, -0.2) is 24.0 Å². The van der Waals surface area contributed by atoms with Crippen LogP contribution in [0.3, 0.4) is 0 Å². The summed E-state index contributed by atoms with van der Waals surface area (Å²) in [5.74, 6) is -2.29. The van der Waals surface area contributed by atoms with Crippen LogP contribution in [-0.2, 0) is 4.74 Å². The Bertz CT molecular complexity index is 1040. The van der Waals surface area contributed by atoms with Crippen molar-refractivity contribution in [2.75, 3.05) is 19.7 Å². The van der Waals surface area contributed by atoms with Crippen LogP contribution in [0.5, 0.6) is 0 Å². The largest absolute Gasteiger partial charge is 0.448 e. The van der Waals surface area contributed by atoms with Crippen LogP contribution in [0.1, 0.15) is 29.7 Å². The molecule has 0 spiro atoms. The molecule has 0 bridgehead atoms. The molecule has 1 aromatic heterocycles. The molecule has 10 heteroatoms. The minimum Gasteiger partial charge on any atom is -0.448 e. The zero-order valence-corrected chi connectivity index (χ0v) is 17.0. The lowest BCUT2D eigenvalue weighted by Crippen LogP contribution is -2.46. The lowest BCUT2D eigenvalue weighted by Gasteiger charge is -2.23. The molecule has 1 N–H and O–H groups in total. The molecule has 0 aliphatic carbocycles. The van der Waals surface area contributed by atoms with Gasteiger partial charge < -0.3 is 10.1 Å². The predicted octanol–water partition coefficient (Wildman–Crippen LogP) is 2.98. The maximum atomic E-state index is 13.5. The quantitative estimate of drug-likeness (QED) is 0.757. The number of cyclic esters (lactones) is 1. The molecule has 4 rings (SSSR count). The fraction of sp³-hybridized carbons (Fsp3) is 0.333. The number of benzene rings is 1. The molecule has 2 aliphatic heterocycles. The maximum absolute atomic E-state index is 13.5. The van der Waals surface area contributed by atoms with Crippen LogP contribution >= 0.6 is 0 Å². The third kappa shape index (κ3) is 4.18. The number of hydrazone groups is 1. The molecule has 0 radical (unpaired) electrons. The molecule has 8 nitrogen and oxygen atoms in total. The number of ether oxygens (including phenoxy) is 1. The second kappa shape index (κ2) is 8.29. The average molecular weight is 429 g/mol. The van der Waals surface area contributed by atoms with Crippen LogP contribution in [0.25, 0.3) is 0 Å². The van der Waals surface area contributed by atoms with E-state index in [4.69, 9.17) is 4.74 Å². The molecule has 162 valence electrons. The van der Waals surface area contributed by atoms with Gasteiger partial charge in [0.2, 0.25) is 5.95 Å². The first-order chi connectivity index (χ1) is 14.8. The minimum atomic E-state index is -1.20. The Morgan fingerprint density at radius 2 is 2.03 bits per heavy atom. The van der Waals surface area contributed by atoms with Crippen molar-refractivity contribution in [3.05, 3.63) is 65.0 Å². The van der Waals surface area contributed by atoms with Gasteiger partial charge in [-0.15, -0.1) is 0 Å². The smallest absolute Gasteiger partial charge is 0.410 e. The Morgan fingerprint density at radius 1 is 1.29 bits per heavy atom. The number of aryl methyl sites for hydroxylation is 1. The number of aromatic nitrogens is 1. The van der Waals surface area contributed by atoms with E-state index < -0.39 is 36.0 Å². The van der Waals surface area contributed by atoms with Crippen LogP contribution in [-0.4, -0.2) is 58.5 Å². The fourth-order valence-electron chi connectivity index (χ4n) is 3.54. The molecule has 0 saturated carbocycles. The molecule has 31 heavy (non-hydrogen) atoms. The molecule has 2 atom stereocenters. The van der Waals surface area contributed by atoms with E-state index in [0.717, 1.165) is 23.4 Å². The van der Waals surface area contributed by atoms with Crippen LogP contribution < -0.4 is 5.32 Å². The normalized spacial score (nSPS) is 19.3. The van der Waals surface area contributed by atoms with Crippen LogP contribution in [0, 0.1) is 18.7 Å². The van der Waals surface area contributed by atoms with Crippen molar-refractivity contribution in [1.82, 2.24) is 20.2 Å². The number of carbonyl (C=O) groups excluding carboxylic acids is 2. The Morgan fingerprint density at radius 3 is 2.68 bits per heavy atom. The van der Waals surface area contributed by atoms with Crippen molar-refractivity contribution in [2.24, 2.45) is 5.10 Å². The van der Waals surface area contributed by atoms with E-state index in [1.165, 1.54) is 5.01 Å². The second-order valence-electron chi connectivity index (χ2n) is 7.47. The van der Waals surface area contributed by atoms with Gasteiger partial charge >= 0.3 is 12.1 Å². The molecule has 2 aliphatic rings. The Hall–Kier alpha value is -3.56. The number of carbonyl (C=O) groups is 2. The number of urea groups is 1. The lowest BCUT2D eigenvalue weighted by molar-refractivity contribution is 0.150. The van der Waals surface area contributed by atoms with E-state index in [-0.39, 0.29) is 13.2 Å². The highest BCUT2D eigenvalue weighted by molar-refractivity contribution is 6.07. The Balaban J connectivity index is 1.55. The van der Waals surface area contributed by atoms with E-state index in [0.29, 0.717) is 17.8 Å². The van der Waals surface area contributed by atoms with Gasteiger partial charge in [-0.1, -0.05) is 29.8 Å². The van der Waals surface area contributed by atoms with Crippen molar-refractivity contribution < 1.29 is 23.1 Å². The highest BCUT2D eigenvalue weighted by atomic mass is 19.2. The van der Waals surface area contributed by atoms with Gasteiger partial charge in [0.05, 0.1) is 30.9 Å². The Kier molecular flexibility index (Phi) is 5.53. The monoisotopic (exact) mass is 429 g/mol. The van der Waals surface area contributed by atoms with Crippen LogP contribution in [0.15, 0.2) is 41.6 Å². The molecule has 2 aromatic rings. The fourth-order valence-corrected chi connectivity index (χ4v) is 3.54. The SMILES string of the molecule is Cc1ccc(C2=NN(C(=O)N[C@H](C)c3cnc(F)c(F)c3)C[C@H]2N2CCOC2=O)cc1. The molecule has 1 saturated heterocycles. The molecule has 3 amide bonds. The molecule has 0 unspecified atom stereocenters. The minimum absolute atomic E-state index is 0.146. The van der Waals surface area contributed by atoms with E-state index in [9.17, 15) is 18.4 Å². The van der Waals surface area contributed by atoms with Gasteiger partial charge in [-0.05, 0) is 31.0 Å². The first kappa shape index (κ1) is 20.7. The van der Waals surface area contributed by atoms with Crippen molar-refractivity contribution in [3.63, 3.8) is 0 Å². The van der Waals surface area contributed by atoms with Crippen molar-refractivity contribution in [3.8, 4) is 0 Å². The highest BCUT2D eigenvalue weighted by Gasteiger charge is 2.40. The number of amides is 3. The summed E-state index contributed by atoms with van der Waals surface area (Å²) in [6.07, 6.45) is 0.713. The maximum Gasteiger partial charge on any atom is 0.410 e. The summed E-state index contributed by atoms with van der Waals surface area (Å²) in [6, 6.07) is 7.00. The van der Waals surface area contributed by atoms with E-state index in [1.54, 1.807) is 11.8 Å². The summed E-state index contributed by atoms with van der Waals surface area (Å²) >= 11 is 0. The molecular formula is C21H21F2N5O3. The number of nitrogens with one attached hydrogen (secondary N) is 1. The molecule has 3 heterocycles. The first-order valence-corrected chi connectivity index (χ1v) is 9.81. The summed E-state index contributed by atoms with van der Waals surface area (Å²) < 4.78 is 31.6. The van der Waals surface area contributed by atoms with Gasteiger partial charge in [0, 0.05) is 6.20 Å². The third-order valence-electron chi connectivity index (χ3n) is 5.30. The number of pyridine rings is 1. The number of hydrogen-bond donors (Lipinski definition) is 1. The topological polar surface area (TPSA) is 87.1 Å². The van der Waals surface area contributed by atoms with Gasteiger partial charge in [0.15, 0.2) is 5.82 Å². The molecular weight excluding hydrogens is 408 g/mol. The average Bonchev–Trinajstić information content (AvgIpc) is 3.36. The summed E-state index contributed by atoms with van der Waals surface area (Å²) in [5.41, 5.74) is 2.76. The molecule has 1 aromatic carbocycles. The molecule has 1 fully saturated rings. The number of nitrogens with zero attached hydrogens (tertiary/aromatic N) is 4. The highest BCUT2D eigenvalue weighted by Crippen LogP contribution is 2.23. The van der Waals surface area contributed by atoms with Gasteiger partial charge in [0.25, 0.3) is 0 Å². The van der Waals surface area contributed by atoms with E-state index in [1.807, 2.05) is 31.2 Å². The van der Waals surface area contributed by atoms with Crippen LogP contribution in [0.2, 0.25) is 0 Å². The Labute approximate surface area is 177 Å². The van der Waals surface area contributed by atoms with Gasteiger partial charge in [0.1, 0.15) is 6.61 Å². The van der Waals surface area contributed by atoms with Gasteiger partial charge in [-0.3, -0.25) is 4.90 Å². The zero-order valence-electron chi connectivity index (χ0n) is 17.0. The number of halogens is 2. The van der Waals surface area contributed by atoms with Crippen molar-refractivity contribution in [2.45, 2.75) is 25.9 Å². The summed E-state index contributed by atoms with van der Waals surface area (Å²) in [6.45, 7) is 4.42. The first-order valence-electron chi connectivity index (χ1n) is 9.81. The summed E-state index contributed by atoms with van der Waals surface area (Å²) in [4.78, 5) is 29.9. The predicted molar refractivity (Wildman–Crippen MR) is 107 cm³/mol. The second-order valence-corrected chi connectivity index (χ2v) is 7.47. The van der Waals surface area contributed by atoms with E-state index in [2.05, 4.69) is 15.4 Å². The summed E-state index contributed by atoms with van der Waals surface area (Å²) in [5, 5.41) is 8.40. The number of rotatable bonds is 4. The van der Waals surface area contributed by atoms with Crippen molar-refractivity contribution in [1.29, 1.82) is 0 Å². The van der Waals surface area contributed by atoms with E-state index >= 15 is 0 Å². The summed E-state index contributed by atoms with van der Waals surface area (Å²) in [7, 11) is 0. The van der Waals surface area contributed by atoms with Crippen LogP contribution in [0.4, 0.5) is 18.4 Å². The third-order valence-corrected chi connectivity index (χ3v) is 5.30. The van der Waals surface area contributed by atoms with Gasteiger partial charge in [-0.2, -0.15) is 9.49 Å².